The number of rotatable bonds is 7. The third-order valence-corrected chi connectivity index (χ3v) is 3.31. The fourth-order valence-electron chi connectivity index (χ4n) is 1.96. The summed E-state index contributed by atoms with van der Waals surface area (Å²) in [5.74, 6) is -0.143. The second kappa shape index (κ2) is 8.72. The summed E-state index contributed by atoms with van der Waals surface area (Å²) >= 11 is 0. The van der Waals surface area contributed by atoms with E-state index in [0.717, 1.165) is 5.56 Å². The molecule has 126 valence electrons. The molecule has 1 amide bonds. The summed E-state index contributed by atoms with van der Waals surface area (Å²) in [5, 5.41) is 2.69. The highest BCUT2D eigenvalue weighted by Gasteiger charge is 2.17. The number of anilines is 1. The molecule has 0 aliphatic carbocycles. The van der Waals surface area contributed by atoms with Crippen molar-refractivity contribution in [3.63, 3.8) is 0 Å². The first-order valence-corrected chi connectivity index (χ1v) is 7.79. The van der Waals surface area contributed by atoms with E-state index in [1.807, 2.05) is 49.4 Å². The van der Waals surface area contributed by atoms with Gasteiger partial charge in [0.25, 0.3) is 5.91 Å². The van der Waals surface area contributed by atoms with Crippen LogP contribution in [0.5, 0.6) is 5.75 Å². The van der Waals surface area contributed by atoms with Gasteiger partial charge in [-0.25, -0.2) is 0 Å². The molecule has 2 aromatic rings. The largest absolute Gasteiger partial charge is 0.493 e. The summed E-state index contributed by atoms with van der Waals surface area (Å²) < 4.78 is 10.6. The Bertz CT molecular complexity index is 668. The van der Waals surface area contributed by atoms with E-state index in [1.54, 1.807) is 12.1 Å². The van der Waals surface area contributed by atoms with Crippen LogP contribution in [0, 0.1) is 6.92 Å². The Morgan fingerprint density at radius 1 is 1.04 bits per heavy atom. The number of nitrogens with one attached hydrogen (secondary N) is 1. The number of carbonyl (C=O) groups is 2. The molecule has 0 unspecified atom stereocenters. The van der Waals surface area contributed by atoms with Crippen LogP contribution in [0.1, 0.15) is 18.9 Å². The molecule has 0 aromatic heterocycles. The molecule has 5 heteroatoms. The Labute approximate surface area is 141 Å². The number of ether oxygens (including phenoxy) is 2. The average molecular weight is 327 g/mol. The van der Waals surface area contributed by atoms with Crippen LogP contribution in [-0.2, 0) is 14.3 Å². The van der Waals surface area contributed by atoms with Crippen LogP contribution in [0.3, 0.4) is 0 Å². The molecule has 24 heavy (non-hydrogen) atoms. The summed E-state index contributed by atoms with van der Waals surface area (Å²) in [4.78, 5) is 23.7. The molecule has 0 spiro atoms. The molecule has 0 fully saturated rings. The van der Waals surface area contributed by atoms with Crippen LogP contribution in [-0.4, -0.2) is 24.6 Å². The third kappa shape index (κ3) is 5.76. The minimum absolute atomic E-state index is 0.0802. The summed E-state index contributed by atoms with van der Waals surface area (Å²) in [6, 6.07) is 16.6. The highest BCUT2D eigenvalue weighted by atomic mass is 16.5. The predicted octanol–water partition coefficient (Wildman–Crippen LogP) is 3.33. The summed E-state index contributed by atoms with van der Waals surface area (Å²) in [6.07, 6.45) is -0.784. The van der Waals surface area contributed by atoms with E-state index in [2.05, 4.69) is 5.32 Å². The van der Waals surface area contributed by atoms with Crippen molar-refractivity contribution in [2.24, 2.45) is 0 Å². The predicted molar refractivity (Wildman–Crippen MR) is 91.9 cm³/mol. The van der Waals surface area contributed by atoms with Gasteiger partial charge in [-0.1, -0.05) is 35.9 Å². The number of hydrogen-bond acceptors (Lipinski definition) is 4. The van der Waals surface area contributed by atoms with Crippen molar-refractivity contribution < 1.29 is 19.1 Å². The maximum atomic E-state index is 12.0. The number of amides is 1. The average Bonchev–Trinajstić information content (AvgIpc) is 2.57. The summed E-state index contributed by atoms with van der Waals surface area (Å²) in [5.41, 5.74) is 1.80. The van der Waals surface area contributed by atoms with Crippen molar-refractivity contribution in [3.8, 4) is 5.75 Å². The lowest BCUT2D eigenvalue weighted by atomic mass is 10.2. The first kappa shape index (κ1) is 17.5. The van der Waals surface area contributed by atoms with Crippen molar-refractivity contribution in [3.05, 3.63) is 60.2 Å². The quantitative estimate of drug-likeness (QED) is 0.792. The number of aryl methyl sites for hydroxylation is 1. The minimum Gasteiger partial charge on any atom is -0.493 e. The number of esters is 1. The molecule has 5 nitrogen and oxygen atoms in total. The molecule has 0 aliphatic rings. The maximum Gasteiger partial charge on any atom is 0.310 e. The first-order chi connectivity index (χ1) is 11.5. The molecule has 1 N–H and O–H groups in total. The Kier molecular flexibility index (Phi) is 6.37. The third-order valence-electron chi connectivity index (χ3n) is 3.31. The zero-order valence-electron chi connectivity index (χ0n) is 13.8. The van der Waals surface area contributed by atoms with E-state index in [4.69, 9.17) is 9.47 Å². The van der Waals surface area contributed by atoms with Gasteiger partial charge in [0, 0.05) is 5.69 Å². The number of carbonyl (C=O) groups excluding carboxylic acids is 2. The lowest BCUT2D eigenvalue weighted by Gasteiger charge is -2.13. The van der Waals surface area contributed by atoms with Crippen LogP contribution in [0.2, 0.25) is 0 Å². The zero-order chi connectivity index (χ0) is 17.4. The standard InChI is InChI=1S/C19H21NO4/c1-14-8-10-17(11-9-14)23-13-12-18(21)24-15(2)19(22)20-16-6-4-3-5-7-16/h3-11,15H,12-13H2,1-2H3,(H,20,22)/t15-/m0/s1. The Morgan fingerprint density at radius 2 is 1.71 bits per heavy atom. The fraction of sp³-hybridized carbons (Fsp3) is 0.263. The number of hydrogen-bond donors (Lipinski definition) is 1. The molecule has 0 saturated heterocycles. The molecular weight excluding hydrogens is 306 g/mol. The second-order valence-electron chi connectivity index (χ2n) is 5.40. The molecule has 0 aliphatic heterocycles. The van der Waals surface area contributed by atoms with Crippen molar-refractivity contribution in [2.45, 2.75) is 26.4 Å². The van der Waals surface area contributed by atoms with E-state index in [0.29, 0.717) is 11.4 Å². The molecule has 2 rings (SSSR count). The zero-order valence-corrected chi connectivity index (χ0v) is 13.8. The maximum absolute atomic E-state index is 12.0. The van der Waals surface area contributed by atoms with Gasteiger partial charge in [-0.3, -0.25) is 9.59 Å². The van der Waals surface area contributed by atoms with Gasteiger partial charge in [-0.2, -0.15) is 0 Å². The topological polar surface area (TPSA) is 64.6 Å². The Morgan fingerprint density at radius 3 is 2.38 bits per heavy atom. The van der Waals surface area contributed by atoms with Crippen LogP contribution in [0.25, 0.3) is 0 Å². The van der Waals surface area contributed by atoms with Crippen LogP contribution >= 0.6 is 0 Å². The van der Waals surface area contributed by atoms with Gasteiger partial charge in [0.1, 0.15) is 5.75 Å². The van der Waals surface area contributed by atoms with E-state index in [9.17, 15) is 9.59 Å². The van der Waals surface area contributed by atoms with E-state index in [-0.39, 0.29) is 18.9 Å². The summed E-state index contributed by atoms with van der Waals surface area (Å²) in [6.45, 7) is 3.73. The summed E-state index contributed by atoms with van der Waals surface area (Å²) in [7, 11) is 0. The normalized spacial score (nSPS) is 11.4. The van der Waals surface area contributed by atoms with Gasteiger partial charge in [0.05, 0.1) is 13.0 Å². The first-order valence-electron chi connectivity index (χ1n) is 7.79. The number of para-hydroxylation sites is 1. The monoisotopic (exact) mass is 327 g/mol. The van der Waals surface area contributed by atoms with Crippen molar-refractivity contribution in [1.29, 1.82) is 0 Å². The van der Waals surface area contributed by atoms with E-state index < -0.39 is 12.1 Å². The molecule has 1 atom stereocenters. The number of benzene rings is 2. The van der Waals surface area contributed by atoms with Crippen molar-refractivity contribution in [2.75, 3.05) is 11.9 Å². The van der Waals surface area contributed by atoms with Crippen molar-refractivity contribution in [1.82, 2.24) is 0 Å². The second-order valence-corrected chi connectivity index (χ2v) is 5.40. The lowest BCUT2D eigenvalue weighted by Crippen LogP contribution is -2.30. The van der Waals surface area contributed by atoms with Gasteiger partial charge in [0.15, 0.2) is 6.10 Å². The van der Waals surface area contributed by atoms with Crippen LogP contribution in [0.4, 0.5) is 5.69 Å². The van der Waals surface area contributed by atoms with Crippen molar-refractivity contribution >= 4 is 17.6 Å². The molecule has 0 radical (unpaired) electrons. The SMILES string of the molecule is Cc1ccc(OCCC(=O)O[C@@H](C)C(=O)Nc2ccccc2)cc1. The fourth-order valence-corrected chi connectivity index (χ4v) is 1.96. The van der Waals surface area contributed by atoms with Gasteiger partial charge in [-0.15, -0.1) is 0 Å². The molecule has 0 heterocycles. The highest BCUT2D eigenvalue weighted by molar-refractivity contribution is 5.95. The van der Waals surface area contributed by atoms with Gasteiger partial charge in [0.2, 0.25) is 0 Å². The molecular formula is C19H21NO4. The smallest absolute Gasteiger partial charge is 0.310 e. The lowest BCUT2D eigenvalue weighted by molar-refractivity contribution is -0.153. The van der Waals surface area contributed by atoms with Crippen LogP contribution in [0.15, 0.2) is 54.6 Å². The Balaban J connectivity index is 1.71. The van der Waals surface area contributed by atoms with Crippen LogP contribution < -0.4 is 10.1 Å². The van der Waals surface area contributed by atoms with E-state index in [1.165, 1.54) is 6.92 Å². The molecule has 0 bridgehead atoms. The van der Waals surface area contributed by atoms with E-state index >= 15 is 0 Å². The van der Waals surface area contributed by atoms with Gasteiger partial charge >= 0.3 is 5.97 Å². The minimum atomic E-state index is -0.864. The Hall–Kier alpha value is -2.82. The molecule has 2 aromatic carbocycles. The highest BCUT2D eigenvalue weighted by Crippen LogP contribution is 2.12. The van der Waals surface area contributed by atoms with Gasteiger partial charge < -0.3 is 14.8 Å². The van der Waals surface area contributed by atoms with Gasteiger partial charge in [-0.05, 0) is 38.1 Å². The molecule has 0 saturated carbocycles.